The first kappa shape index (κ1) is 7.43. The zero-order chi connectivity index (χ0) is 8.39. The van der Waals surface area contributed by atoms with Crippen molar-refractivity contribution in [2.45, 2.75) is 5.88 Å². The second kappa shape index (κ2) is 3.03. The van der Waals surface area contributed by atoms with Crippen molar-refractivity contribution in [3.63, 3.8) is 0 Å². The second-order valence-corrected chi connectivity index (χ2v) is 2.56. The van der Waals surface area contributed by atoms with Crippen molar-refractivity contribution in [2.75, 3.05) is 0 Å². The fourth-order valence-electron chi connectivity index (χ4n) is 0.910. The van der Waals surface area contributed by atoms with Crippen LogP contribution in [0.4, 0.5) is 0 Å². The third-order valence-electron chi connectivity index (χ3n) is 1.46. The lowest BCUT2D eigenvalue weighted by molar-refractivity contribution is 0.413. The molecule has 62 valence electrons. The highest BCUT2D eigenvalue weighted by atomic mass is 35.5. The van der Waals surface area contributed by atoms with Gasteiger partial charge in [0.25, 0.3) is 0 Å². The lowest BCUT2D eigenvalue weighted by Crippen LogP contribution is -1.70. The predicted octanol–water partition coefficient (Wildman–Crippen LogP) is 2.67. The van der Waals surface area contributed by atoms with Crippen LogP contribution >= 0.6 is 11.6 Å². The summed E-state index contributed by atoms with van der Waals surface area (Å²) < 4.78 is 10.1. The van der Waals surface area contributed by atoms with Crippen molar-refractivity contribution in [3.05, 3.63) is 30.2 Å². The van der Waals surface area contributed by atoms with Gasteiger partial charge >= 0.3 is 0 Å². The van der Waals surface area contributed by atoms with E-state index in [0.717, 1.165) is 0 Å². The summed E-state index contributed by atoms with van der Waals surface area (Å²) in [5, 5.41) is 3.72. The molecule has 2 rings (SSSR count). The average molecular weight is 184 g/mol. The maximum Gasteiger partial charge on any atom is 0.202 e. The van der Waals surface area contributed by atoms with Crippen LogP contribution in [0, 0.1) is 0 Å². The quantitative estimate of drug-likeness (QED) is 0.672. The highest BCUT2D eigenvalue weighted by Gasteiger charge is 2.07. The van der Waals surface area contributed by atoms with Gasteiger partial charge in [-0.2, -0.15) is 0 Å². The van der Waals surface area contributed by atoms with Gasteiger partial charge in [-0.3, -0.25) is 0 Å². The van der Waals surface area contributed by atoms with E-state index in [9.17, 15) is 0 Å². The van der Waals surface area contributed by atoms with Crippen molar-refractivity contribution in [3.8, 4) is 11.5 Å². The summed E-state index contributed by atoms with van der Waals surface area (Å²) in [4.78, 5) is 0. The highest BCUT2D eigenvalue weighted by molar-refractivity contribution is 6.16. The number of rotatable bonds is 2. The third kappa shape index (κ3) is 1.23. The summed E-state index contributed by atoms with van der Waals surface area (Å²) in [5.74, 6) is 1.62. The van der Waals surface area contributed by atoms with Gasteiger partial charge in [-0.15, -0.1) is 11.6 Å². The molecule has 0 aromatic carbocycles. The Bertz CT molecular complexity index is 353. The largest absolute Gasteiger partial charge is 0.461 e. The molecule has 4 heteroatoms. The summed E-state index contributed by atoms with van der Waals surface area (Å²) in [5.41, 5.74) is 0.711. The lowest BCUT2D eigenvalue weighted by Gasteiger charge is -1.83. The van der Waals surface area contributed by atoms with Crippen LogP contribution in [0.15, 0.2) is 33.4 Å². The number of furan rings is 1. The number of aromatic nitrogens is 1. The van der Waals surface area contributed by atoms with Gasteiger partial charge < -0.3 is 8.94 Å². The molecule has 0 radical (unpaired) electrons. The summed E-state index contributed by atoms with van der Waals surface area (Å²) in [6, 6.07) is 5.35. The minimum atomic E-state index is 0.351. The molecule has 0 N–H and O–H groups in total. The van der Waals surface area contributed by atoms with Gasteiger partial charge in [0, 0.05) is 6.07 Å². The fraction of sp³-hybridized carbons (Fsp3) is 0.125. The molecule has 0 saturated heterocycles. The zero-order valence-corrected chi connectivity index (χ0v) is 6.91. The first-order valence-corrected chi connectivity index (χ1v) is 3.99. The summed E-state index contributed by atoms with van der Waals surface area (Å²) >= 11 is 5.55. The van der Waals surface area contributed by atoms with E-state index in [1.165, 1.54) is 0 Å². The topological polar surface area (TPSA) is 39.2 Å². The summed E-state index contributed by atoms with van der Waals surface area (Å²) in [7, 11) is 0. The molecule has 0 aliphatic rings. The molecule has 0 saturated carbocycles. The number of alkyl halides is 1. The number of nitrogens with zero attached hydrogens (tertiary/aromatic N) is 1. The van der Waals surface area contributed by atoms with Crippen LogP contribution in [0.25, 0.3) is 11.5 Å². The first-order chi connectivity index (χ1) is 5.90. The molecule has 2 heterocycles. The van der Waals surface area contributed by atoms with E-state index >= 15 is 0 Å². The molecule has 0 aliphatic heterocycles. The maximum atomic E-state index is 5.55. The Hall–Kier alpha value is -1.22. The molecule has 12 heavy (non-hydrogen) atoms. The number of hydrogen-bond acceptors (Lipinski definition) is 3. The molecule has 3 nitrogen and oxygen atoms in total. The SMILES string of the molecule is ClCc1cc(-c2ccco2)on1. The van der Waals surface area contributed by atoms with Gasteiger partial charge in [-0.25, -0.2) is 0 Å². The maximum absolute atomic E-state index is 5.55. The van der Waals surface area contributed by atoms with Crippen LogP contribution in [-0.2, 0) is 5.88 Å². The van der Waals surface area contributed by atoms with Gasteiger partial charge in [0.15, 0.2) is 5.76 Å². The Balaban J connectivity index is 2.35. The van der Waals surface area contributed by atoms with E-state index in [-0.39, 0.29) is 0 Å². The average Bonchev–Trinajstić information content (AvgIpc) is 2.75. The monoisotopic (exact) mass is 183 g/mol. The van der Waals surface area contributed by atoms with Crippen molar-refractivity contribution < 1.29 is 8.94 Å². The van der Waals surface area contributed by atoms with Crippen LogP contribution in [0.2, 0.25) is 0 Å². The molecule has 0 spiro atoms. The molecule has 2 aromatic rings. The van der Waals surface area contributed by atoms with Crippen LogP contribution in [0.3, 0.4) is 0 Å². The Kier molecular flexibility index (Phi) is 1.87. The van der Waals surface area contributed by atoms with Crippen molar-refractivity contribution >= 4 is 11.6 Å². The van der Waals surface area contributed by atoms with E-state index < -0.39 is 0 Å². The Morgan fingerprint density at radius 3 is 2.92 bits per heavy atom. The van der Waals surface area contributed by atoms with Gasteiger partial charge in [0.1, 0.15) is 0 Å². The predicted molar refractivity (Wildman–Crippen MR) is 43.8 cm³/mol. The minimum absolute atomic E-state index is 0.351. The molecule has 0 unspecified atom stereocenters. The smallest absolute Gasteiger partial charge is 0.202 e. The Morgan fingerprint density at radius 2 is 2.33 bits per heavy atom. The van der Waals surface area contributed by atoms with Gasteiger partial charge in [-0.1, -0.05) is 5.16 Å². The van der Waals surface area contributed by atoms with Crippen LogP contribution in [0.1, 0.15) is 5.69 Å². The van der Waals surface area contributed by atoms with Crippen molar-refractivity contribution in [1.29, 1.82) is 0 Å². The molecule has 0 aliphatic carbocycles. The highest BCUT2D eigenvalue weighted by Crippen LogP contribution is 2.20. The molecule has 2 aromatic heterocycles. The molecule has 0 atom stereocenters. The van der Waals surface area contributed by atoms with E-state index in [1.807, 2.05) is 0 Å². The first-order valence-electron chi connectivity index (χ1n) is 3.45. The van der Waals surface area contributed by atoms with Crippen LogP contribution in [0.5, 0.6) is 0 Å². The fourth-order valence-corrected chi connectivity index (χ4v) is 1.04. The molecular weight excluding hydrogens is 178 g/mol. The zero-order valence-electron chi connectivity index (χ0n) is 6.16. The van der Waals surface area contributed by atoms with Gasteiger partial charge in [0.05, 0.1) is 17.8 Å². The van der Waals surface area contributed by atoms with Crippen LogP contribution < -0.4 is 0 Å². The molecule has 0 amide bonds. The van der Waals surface area contributed by atoms with E-state index in [2.05, 4.69) is 5.16 Å². The summed E-state index contributed by atoms with van der Waals surface area (Å²) in [6.07, 6.45) is 1.58. The summed E-state index contributed by atoms with van der Waals surface area (Å²) in [6.45, 7) is 0. The van der Waals surface area contributed by atoms with Gasteiger partial charge in [-0.05, 0) is 12.1 Å². The van der Waals surface area contributed by atoms with Gasteiger partial charge in [0.2, 0.25) is 5.76 Å². The molecule has 0 fully saturated rings. The number of halogens is 1. The van der Waals surface area contributed by atoms with E-state index in [4.69, 9.17) is 20.5 Å². The van der Waals surface area contributed by atoms with Crippen LogP contribution in [-0.4, -0.2) is 5.16 Å². The lowest BCUT2D eigenvalue weighted by atomic mass is 10.3. The minimum Gasteiger partial charge on any atom is -0.461 e. The van der Waals surface area contributed by atoms with Crippen molar-refractivity contribution in [1.82, 2.24) is 5.16 Å². The van der Waals surface area contributed by atoms with Crippen molar-refractivity contribution in [2.24, 2.45) is 0 Å². The third-order valence-corrected chi connectivity index (χ3v) is 1.73. The normalized spacial score (nSPS) is 10.4. The number of hydrogen-bond donors (Lipinski definition) is 0. The second-order valence-electron chi connectivity index (χ2n) is 2.29. The standard InChI is InChI=1S/C8H6ClNO2/c9-5-6-4-8(12-10-6)7-2-1-3-11-7/h1-4H,5H2. The van der Waals surface area contributed by atoms with E-state index in [1.54, 1.807) is 24.5 Å². The Morgan fingerprint density at radius 1 is 1.42 bits per heavy atom. The molecule has 0 bridgehead atoms. The molecular formula is C8H6ClNO2. The van der Waals surface area contributed by atoms with E-state index in [0.29, 0.717) is 23.1 Å². The Labute approximate surface area is 73.9 Å².